The van der Waals surface area contributed by atoms with Gasteiger partial charge in [0, 0.05) is 45.1 Å². The quantitative estimate of drug-likeness (QED) is 0.601. The van der Waals surface area contributed by atoms with Crippen molar-refractivity contribution in [2.24, 2.45) is 5.41 Å². The Kier molecular flexibility index (Phi) is 6.35. The second-order valence-corrected chi connectivity index (χ2v) is 8.78. The number of amides is 2. The first kappa shape index (κ1) is 21.8. The van der Waals surface area contributed by atoms with E-state index in [1.165, 1.54) is 0 Å². The largest absolute Gasteiger partial charge is 0.348 e. The van der Waals surface area contributed by atoms with E-state index in [0.717, 1.165) is 22.3 Å². The van der Waals surface area contributed by atoms with Crippen LogP contribution in [0.4, 0.5) is 0 Å². The molecule has 0 saturated carbocycles. The summed E-state index contributed by atoms with van der Waals surface area (Å²) >= 11 is 0. The number of hydrogen-bond donors (Lipinski definition) is 0. The topological polar surface area (TPSA) is 53.5 Å². The second kappa shape index (κ2) is 9.35. The van der Waals surface area contributed by atoms with Crippen LogP contribution in [0.5, 0.6) is 0 Å². The summed E-state index contributed by atoms with van der Waals surface area (Å²) in [6.07, 6.45) is 5.22. The normalized spacial score (nSPS) is 17.9. The zero-order chi connectivity index (χ0) is 22.6. The standard InChI is InChI=1S/C27H29N3O2/c1-29(2)26(32)27(14-16-30(20-27)25(31)17-21-9-4-3-5-10-21)18-22-11-6-7-13-24(22)23-12-8-15-28-19-23/h3-13,15,19H,14,16-18,20H2,1-2H3. The van der Waals surface area contributed by atoms with Gasteiger partial charge in [-0.05, 0) is 35.6 Å². The summed E-state index contributed by atoms with van der Waals surface area (Å²) in [6, 6.07) is 21.9. The number of hydrogen-bond acceptors (Lipinski definition) is 3. The Morgan fingerprint density at radius 2 is 1.75 bits per heavy atom. The summed E-state index contributed by atoms with van der Waals surface area (Å²) in [4.78, 5) is 34.2. The second-order valence-electron chi connectivity index (χ2n) is 8.78. The van der Waals surface area contributed by atoms with Gasteiger partial charge >= 0.3 is 0 Å². The number of pyridine rings is 1. The summed E-state index contributed by atoms with van der Waals surface area (Å²) < 4.78 is 0. The number of nitrogens with zero attached hydrogens (tertiary/aromatic N) is 3. The van der Waals surface area contributed by atoms with Crippen LogP contribution in [-0.2, 0) is 22.4 Å². The van der Waals surface area contributed by atoms with Crippen molar-refractivity contribution >= 4 is 11.8 Å². The van der Waals surface area contributed by atoms with Crippen LogP contribution in [0.15, 0.2) is 79.1 Å². The third kappa shape index (κ3) is 4.57. The van der Waals surface area contributed by atoms with Crippen LogP contribution in [0, 0.1) is 5.41 Å². The first-order valence-corrected chi connectivity index (χ1v) is 11.0. The molecule has 0 N–H and O–H groups in total. The molecule has 0 radical (unpaired) electrons. The molecule has 1 aromatic heterocycles. The van der Waals surface area contributed by atoms with Crippen molar-refractivity contribution in [2.75, 3.05) is 27.2 Å². The molecule has 5 nitrogen and oxygen atoms in total. The number of rotatable bonds is 6. The molecule has 1 aliphatic heterocycles. The first-order valence-electron chi connectivity index (χ1n) is 11.0. The van der Waals surface area contributed by atoms with E-state index in [2.05, 4.69) is 17.1 Å². The molecule has 2 heterocycles. The lowest BCUT2D eigenvalue weighted by atomic mass is 9.78. The van der Waals surface area contributed by atoms with Crippen LogP contribution in [-0.4, -0.2) is 53.8 Å². The van der Waals surface area contributed by atoms with Crippen molar-refractivity contribution in [3.8, 4) is 11.1 Å². The van der Waals surface area contributed by atoms with Crippen LogP contribution < -0.4 is 0 Å². The molecule has 1 saturated heterocycles. The van der Waals surface area contributed by atoms with Crippen LogP contribution in [0.25, 0.3) is 11.1 Å². The molecule has 1 unspecified atom stereocenters. The highest BCUT2D eigenvalue weighted by atomic mass is 16.2. The maximum absolute atomic E-state index is 13.4. The van der Waals surface area contributed by atoms with Crippen LogP contribution in [0.1, 0.15) is 17.5 Å². The molecule has 0 aliphatic carbocycles. The summed E-state index contributed by atoms with van der Waals surface area (Å²) in [6.45, 7) is 1.04. The number of carbonyl (C=O) groups is 2. The lowest BCUT2D eigenvalue weighted by Crippen LogP contribution is -2.45. The van der Waals surface area contributed by atoms with Gasteiger partial charge in [-0.25, -0.2) is 0 Å². The minimum Gasteiger partial charge on any atom is -0.348 e. The maximum Gasteiger partial charge on any atom is 0.230 e. The lowest BCUT2D eigenvalue weighted by Gasteiger charge is -2.32. The SMILES string of the molecule is CN(C)C(=O)C1(Cc2ccccc2-c2cccnc2)CCN(C(=O)Cc2ccccc2)C1. The summed E-state index contributed by atoms with van der Waals surface area (Å²) in [5.74, 6) is 0.152. The third-order valence-corrected chi connectivity index (χ3v) is 6.28. The molecule has 164 valence electrons. The predicted molar refractivity (Wildman–Crippen MR) is 126 cm³/mol. The molecule has 1 aliphatic rings. The Labute approximate surface area is 189 Å². The van der Waals surface area contributed by atoms with Gasteiger partial charge < -0.3 is 9.80 Å². The molecule has 2 amide bonds. The fraction of sp³-hybridized carbons (Fsp3) is 0.296. The fourth-order valence-electron chi connectivity index (χ4n) is 4.68. The van der Waals surface area contributed by atoms with Gasteiger partial charge in [0.2, 0.25) is 11.8 Å². The zero-order valence-corrected chi connectivity index (χ0v) is 18.7. The minimum atomic E-state index is -0.631. The van der Waals surface area contributed by atoms with Crippen molar-refractivity contribution in [3.05, 3.63) is 90.3 Å². The fourth-order valence-corrected chi connectivity index (χ4v) is 4.68. The highest BCUT2D eigenvalue weighted by molar-refractivity contribution is 5.86. The average Bonchev–Trinajstić information content (AvgIpc) is 3.25. The highest BCUT2D eigenvalue weighted by Gasteiger charge is 2.46. The molecule has 4 rings (SSSR count). The number of aromatic nitrogens is 1. The van der Waals surface area contributed by atoms with Gasteiger partial charge in [-0.2, -0.15) is 0 Å². The maximum atomic E-state index is 13.4. The molecule has 2 aromatic carbocycles. The number of carbonyl (C=O) groups excluding carboxylic acids is 2. The molecular weight excluding hydrogens is 398 g/mol. The van der Waals surface area contributed by atoms with E-state index >= 15 is 0 Å². The minimum absolute atomic E-state index is 0.0742. The monoisotopic (exact) mass is 427 g/mol. The highest BCUT2D eigenvalue weighted by Crippen LogP contribution is 2.38. The van der Waals surface area contributed by atoms with Crippen molar-refractivity contribution < 1.29 is 9.59 Å². The van der Waals surface area contributed by atoms with Gasteiger partial charge in [-0.1, -0.05) is 60.7 Å². The van der Waals surface area contributed by atoms with E-state index < -0.39 is 5.41 Å². The Morgan fingerprint density at radius 3 is 2.47 bits per heavy atom. The third-order valence-electron chi connectivity index (χ3n) is 6.28. The average molecular weight is 428 g/mol. The lowest BCUT2D eigenvalue weighted by molar-refractivity contribution is -0.139. The summed E-state index contributed by atoms with van der Waals surface area (Å²) in [7, 11) is 3.59. The Bertz CT molecular complexity index is 1080. The number of likely N-dealkylation sites (tertiary alicyclic amines) is 1. The van der Waals surface area contributed by atoms with E-state index in [4.69, 9.17) is 0 Å². The summed E-state index contributed by atoms with van der Waals surface area (Å²) in [5.41, 5.74) is 3.59. The summed E-state index contributed by atoms with van der Waals surface area (Å²) in [5, 5.41) is 0. The zero-order valence-electron chi connectivity index (χ0n) is 18.7. The van der Waals surface area contributed by atoms with Crippen LogP contribution in [0.2, 0.25) is 0 Å². The van der Waals surface area contributed by atoms with E-state index in [1.54, 1.807) is 25.2 Å². The van der Waals surface area contributed by atoms with Gasteiger partial charge in [0.05, 0.1) is 11.8 Å². The Morgan fingerprint density at radius 1 is 1.00 bits per heavy atom. The first-order chi connectivity index (χ1) is 15.5. The van der Waals surface area contributed by atoms with Crippen LogP contribution >= 0.6 is 0 Å². The molecule has 0 bridgehead atoms. The van der Waals surface area contributed by atoms with Gasteiger partial charge in [0.15, 0.2) is 0 Å². The smallest absolute Gasteiger partial charge is 0.230 e. The molecule has 1 fully saturated rings. The molecule has 0 spiro atoms. The molecule has 32 heavy (non-hydrogen) atoms. The molecule has 5 heteroatoms. The van der Waals surface area contributed by atoms with Crippen molar-refractivity contribution in [2.45, 2.75) is 19.3 Å². The Balaban J connectivity index is 1.61. The molecule has 1 atom stereocenters. The molecule has 3 aromatic rings. The van der Waals surface area contributed by atoms with Gasteiger partial charge in [0.25, 0.3) is 0 Å². The van der Waals surface area contributed by atoms with E-state index in [1.807, 2.05) is 65.7 Å². The Hall–Kier alpha value is -3.47. The van der Waals surface area contributed by atoms with Gasteiger partial charge in [0.1, 0.15) is 0 Å². The number of benzene rings is 2. The van der Waals surface area contributed by atoms with Crippen molar-refractivity contribution in [1.82, 2.24) is 14.8 Å². The van der Waals surface area contributed by atoms with Crippen LogP contribution in [0.3, 0.4) is 0 Å². The van der Waals surface area contributed by atoms with Gasteiger partial charge in [-0.3, -0.25) is 14.6 Å². The van der Waals surface area contributed by atoms with E-state index in [-0.39, 0.29) is 11.8 Å². The van der Waals surface area contributed by atoms with Crippen molar-refractivity contribution in [3.63, 3.8) is 0 Å². The van der Waals surface area contributed by atoms with Gasteiger partial charge in [-0.15, -0.1) is 0 Å². The molecular formula is C27H29N3O2. The van der Waals surface area contributed by atoms with E-state index in [9.17, 15) is 9.59 Å². The van der Waals surface area contributed by atoms with Crippen molar-refractivity contribution in [1.29, 1.82) is 0 Å². The predicted octanol–water partition coefficient (Wildman–Crippen LogP) is 3.84. The van der Waals surface area contributed by atoms with E-state index in [0.29, 0.717) is 32.4 Å².